The van der Waals surface area contributed by atoms with Gasteiger partial charge in [0.15, 0.2) is 10.9 Å². The van der Waals surface area contributed by atoms with Crippen LogP contribution >= 0.6 is 11.3 Å². The monoisotopic (exact) mass is 519 g/mol. The number of halogens is 1. The number of nitrogens with zero attached hydrogens (tertiary/aromatic N) is 4. The molecule has 5 rings (SSSR count). The molecule has 1 aliphatic heterocycles. The summed E-state index contributed by atoms with van der Waals surface area (Å²) in [6, 6.07) is 15.8. The quantitative estimate of drug-likeness (QED) is 0.291. The van der Waals surface area contributed by atoms with Gasteiger partial charge in [0.2, 0.25) is 11.8 Å². The number of amides is 1. The predicted octanol–water partition coefficient (Wildman–Crippen LogP) is 6.39. The van der Waals surface area contributed by atoms with E-state index in [0.717, 1.165) is 22.5 Å². The minimum atomic E-state index is -0.506. The van der Waals surface area contributed by atoms with Crippen molar-refractivity contribution in [3.63, 3.8) is 0 Å². The molecule has 1 amide bonds. The maximum atomic E-state index is 13.1. The van der Waals surface area contributed by atoms with Crippen LogP contribution in [0, 0.1) is 0 Å². The van der Waals surface area contributed by atoms with E-state index in [0.29, 0.717) is 52.2 Å². The second-order valence-electron chi connectivity index (χ2n) is 9.51. The summed E-state index contributed by atoms with van der Waals surface area (Å²) in [6.07, 6.45) is 3.10. The number of hydrogen-bond acceptors (Lipinski definition) is 7. The highest BCUT2D eigenvalue weighted by molar-refractivity contribution is 7.22. The number of aromatic nitrogens is 3. The minimum absolute atomic E-state index is 0.174. The highest BCUT2D eigenvalue weighted by atomic mass is 32.1. The number of hydrogen-bond donors (Lipinski definition) is 1. The molecule has 4 aromatic rings. The summed E-state index contributed by atoms with van der Waals surface area (Å²) in [7, 11) is 0. The summed E-state index contributed by atoms with van der Waals surface area (Å²) in [5.74, 6) is 1.49. The molecule has 2 aromatic heterocycles. The average Bonchev–Trinajstić information content (AvgIpc) is 3.44. The molecule has 2 unspecified atom stereocenters. The lowest BCUT2D eigenvalue weighted by Crippen LogP contribution is -2.34. The van der Waals surface area contributed by atoms with Crippen molar-refractivity contribution in [3.05, 3.63) is 59.9 Å². The lowest BCUT2D eigenvalue weighted by atomic mass is 10.1. The number of ether oxygens (including phenoxy) is 1. The summed E-state index contributed by atoms with van der Waals surface area (Å²) < 4.78 is 20.2. The minimum Gasteiger partial charge on any atom is -0.437 e. The Kier molecular flexibility index (Phi) is 7.43. The standard InChI is InChI=1S/C28H30FN5O2S/c1-17-7-8-18(2)34(17)14-13-25-31-22(21-11-9-20(16-29)10-12-21)15-26(32-25)36-23-5-4-6-24-27(23)33-28(37-24)30-19(3)35/h4-6,9-12,15,17-18H,7-8,13-14,16H2,1-3H3,(H,30,33,35). The van der Waals surface area contributed by atoms with E-state index in [-0.39, 0.29) is 5.91 Å². The molecule has 9 heteroatoms. The Morgan fingerprint density at radius 1 is 1.11 bits per heavy atom. The number of carbonyl (C=O) groups is 1. The second-order valence-corrected chi connectivity index (χ2v) is 10.5. The van der Waals surface area contributed by atoms with Gasteiger partial charge in [0.25, 0.3) is 0 Å². The van der Waals surface area contributed by atoms with Crippen LogP contribution in [-0.4, -0.2) is 44.4 Å². The largest absolute Gasteiger partial charge is 0.437 e. The fraction of sp³-hybridized carbons (Fsp3) is 0.357. The number of carbonyl (C=O) groups excluding carboxylic acids is 1. The third kappa shape index (κ3) is 5.78. The lowest BCUT2D eigenvalue weighted by Gasteiger charge is -2.25. The highest BCUT2D eigenvalue weighted by Gasteiger charge is 2.27. The third-order valence-corrected chi connectivity index (χ3v) is 7.70. The molecule has 0 spiro atoms. The SMILES string of the molecule is CC(=O)Nc1nc2c(Oc3cc(-c4ccc(CF)cc4)nc(CCN4C(C)CCC4C)n3)cccc2s1. The Labute approximate surface area is 219 Å². The van der Waals surface area contributed by atoms with E-state index < -0.39 is 6.67 Å². The van der Waals surface area contributed by atoms with Crippen molar-refractivity contribution in [2.24, 2.45) is 0 Å². The maximum Gasteiger partial charge on any atom is 0.223 e. The zero-order valence-electron chi connectivity index (χ0n) is 21.2. The fourth-order valence-corrected chi connectivity index (χ4v) is 5.72. The van der Waals surface area contributed by atoms with Gasteiger partial charge in [-0.25, -0.2) is 14.4 Å². The highest BCUT2D eigenvalue weighted by Crippen LogP contribution is 2.35. The van der Waals surface area contributed by atoms with Crippen LogP contribution in [0.5, 0.6) is 11.6 Å². The van der Waals surface area contributed by atoms with Gasteiger partial charge in [0, 0.05) is 43.6 Å². The summed E-state index contributed by atoms with van der Waals surface area (Å²) >= 11 is 1.39. The number of benzene rings is 2. The molecule has 37 heavy (non-hydrogen) atoms. The van der Waals surface area contributed by atoms with Crippen molar-refractivity contribution in [2.75, 3.05) is 11.9 Å². The van der Waals surface area contributed by atoms with Gasteiger partial charge in [0.05, 0.1) is 10.4 Å². The van der Waals surface area contributed by atoms with Crippen LogP contribution in [0.2, 0.25) is 0 Å². The van der Waals surface area contributed by atoms with Gasteiger partial charge in [-0.05, 0) is 44.4 Å². The number of anilines is 1. The Balaban J connectivity index is 1.47. The van der Waals surface area contributed by atoms with E-state index in [4.69, 9.17) is 14.7 Å². The van der Waals surface area contributed by atoms with Crippen LogP contribution in [0.15, 0.2) is 48.5 Å². The van der Waals surface area contributed by atoms with Gasteiger partial charge in [0.1, 0.15) is 18.0 Å². The summed E-state index contributed by atoms with van der Waals surface area (Å²) in [5.41, 5.74) is 2.87. The van der Waals surface area contributed by atoms with Crippen molar-refractivity contribution >= 4 is 32.6 Å². The normalized spacial score (nSPS) is 17.8. The number of nitrogens with one attached hydrogen (secondary N) is 1. The van der Waals surface area contributed by atoms with Crippen molar-refractivity contribution in [1.82, 2.24) is 19.9 Å². The smallest absolute Gasteiger partial charge is 0.223 e. The second kappa shape index (κ2) is 10.9. The average molecular weight is 520 g/mol. The molecule has 1 saturated heterocycles. The fourth-order valence-electron chi connectivity index (χ4n) is 4.79. The topological polar surface area (TPSA) is 80.2 Å². The molecule has 192 valence electrons. The van der Waals surface area contributed by atoms with Gasteiger partial charge in [-0.3, -0.25) is 9.69 Å². The number of fused-ring (bicyclic) bond motifs is 1. The molecule has 1 aliphatic rings. The summed E-state index contributed by atoms with van der Waals surface area (Å²) in [4.78, 5) is 28.1. The molecular weight excluding hydrogens is 489 g/mol. The molecule has 1 N–H and O–H groups in total. The molecule has 0 radical (unpaired) electrons. The first-order valence-electron chi connectivity index (χ1n) is 12.5. The van der Waals surface area contributed by atoms with Gasteiger partial charge in [-0.2, -0.15) is 4.98 Å². The molecule has 3 heterocycles. The van der Waals surface area contributed by atoms with Gasteiger partial charge >= 0.3 is 0 Å². The summed E-state index contributed by atoms with van der Waals surface area (Å²) in [5, 5.41) is 3.26. The van der Waals surface area contributed by atoms with Gasteiger partial charge < -0.3 is 10.1 Å². The Morgan fingerprint density at radius 3 is 2.57 bits per heavy atom. The van der Waals surface area contributed by atoms with Crippen molar-refractivity contribution in [1.29, 1.82) is 0 Å². The summed E-state index contributed by atoms with van der Waals surface area (Å²) in [6.45, 7) is 6.36. The van der Waals surface area contributed by atoms with Crippen LogP contribution in [-0.2, 0) is 17.9 Å². The van der Waals surface area contributed by atoms with Crippen LogP contribution in [0.3, 0.4) is 0 Å². The molecule has 0 saturated carbocycles. The van der Waals surface area contributed by atoms with Gasteiger partial charge in [-0.15, -0.1) is 0 Å². The van der Waals surface area contributed by atoms with Gasteiger partial charge in [-0.1, -0.05) is 41.7 Å². The number of para-hydroxylation sites is 1. The number of likely N-dealkylation sites (tertiary alicyclic amines) is 1. The molecule has 7 nitrogen and oxygen atoms in total. The zero-order chi connectivity index (χ0) is 25.9. The molecule has 1 fully saturated rings. The van der Waals surface area contributed by atoms with E-state index in [1.807, 2.05) is 30.3 Å². The molecule has 2 aromatic carbocycles. The first kappa shape index (κ1) is 25.2. The third-order valence-electron chi connectivity index (χ3n) is 6.76. The number of alkyl halides is 1. The first-order valence-corrected chi connectivity index (χ1v) is 13.3. The van der Waals surface area contributed by atoms with E-state index >= 15 is 0 Å². The van der Waals surface area contributed by atoms with Crippen molar-refractivity contribution in [3.8, 4) is 22.9 Å². The number of thiazole rings is 1. The molecule has 0 aliphatic carbocycles. The Morgan fingerprint density at radius 2 is 1.86 bits per heavy atom. The lowest BCUT2D eigenvalue weighted by molar-refractivity contribution is -0.114. The zero-order valence-corrected chi connectivity index (χ0v) is 22.0. The Bertz CT molecular complexity index is 1400. The predicted molar refractivity (Wildman–Crippen MR) is 145 cm³/mol. The van der Waals surface area contributed by atoms with E-state index in [2.05, 4.69) is 29.0 Å². The van der Waals surface area contributed by atoms with Crippen LogP contribution in [0.4, 0.5) is 9.52 Å². The maximum absolute atomic E-state index is 13.1. The molecule has 2 atom stereocenters. The van der Waals surface area contributed by atoms with Crippen molar-refractivity contribution < 1.29 is 13.9 Å². The molecular formula is C28H30FN5O2S. The van der Waals surface area contributed by atoms with Crippen LogP contribution < -0.4 is 10.1 Å². The number of rotatable bonds is 8. The van der Waals surface area contributed by atoms with Crippen LogP contribution in [0.1, 0.15) is 45.0 Å². The van der Waals surface area contributed by atoms with Crippen molar-refractivity contribution in [2.45, 2.75) is 58.8 Å². The molecule has 0 bridgehead atoms. The van der Waals surface area contributed by atoms with Crippen LogP contribution in [0.25, 0.3) is 21.5 Å². The van der Waals surface area contributed by atoms with E-state index in [1.165, 1.54) is 31.1 Å². The first-order chi connectivity index (χ1) is 17.9. The Hall–Kier alpha value is -3.43. The van der Waals surface area contributed by atoms with E-state index in [1.54, 1.807) is 18.2 Å². The van der Waals surface area contributed by atoms with E-state index in [9.17, 15) is 9.18 Å².